The number of rotatable bonds is 6. The number of hydrogen-bond acceptors (Lipinski definition) is 3. The van der Waals surface area contributed by atoms with Crippen molar-refractivity contribution in [2.45, 2.75) is 118 Å². The Bertz CT molecular complexity index is 726. The quantitative estimate of drug-likeness (QED) is 0.357. The van der Waals surface area contributed by atoms with Crippen LogP contribution in [0.15, 0.2) is 11.6 Å². The standard InChI is InChI=1S/C29H48O3/c1-18(2)8-7-9-19(3)24-12-13-25-23-11-10-21-16-22(31)17-27(32-20(4)30)29(21,6)26(23)14-15-28(24,25)5/h10,18-19,22-27,31H,7-9,11-17H2,1-6H3/t19-,22-,23+,24-,25+,26+,27?,28-,29+/m1/s1. The maximum atomic E-state index is 12.0. The molecule has 0 amide bonds. The predicted molar refractivity (Wildman–Crippen MR) is 130 cm³/mol. The summed E-state index contributed by atoms with van der Waals surface area (Å²) in [4.78, 5) is 12.0. The van der Waals surface area contributed by atoms with E-state index in [1.54, 1.807) is 0 Å². The summed E-state index contributed by atoms with van der Waals surface area (Å²) in [6, 6.07) is 0. The zero-order valence-corrected chi connectivity index (χ0v) is 21.5. The molecule has 3 saturated carbocycles. The minimum Gasteiger partial charge on any atom is -0.462 e. The van der Waals surface area contributed by atoms with Gasteiger partial charge in [-0.25, -0.2) is 0 Å². The van der Waals surface area contributed by atoms with E-state index in [1.165, 1.54) is 57.4 Å². The molecule has 9 atom stereocenters. The first kappa shape index (κ1) is 24.3. The van der Waals surface area contributed by atoms with E-state index in [4.69, 9.17) is 4.74 Å². The molecule has 0 aliphatic heterocycles. The van der Waals surface area contributed by atoms with Crippen LogP contribution in [-0.2, 0) is 9.53 Å². The maximum absolute atomic E-state index is 12.0. The van der Waals surface area contributed by atoms with Crippen LogP contribution in [0.5, 0.6) is 0 Å². The van der Waals surface area contributed by atoms with E-state index in [-0.39, 0.29) is 23.6 Å². The number of allylic oxidation sites excluding steroid dienone is 1. The third-order valence-corrected chi connectivity index (χ3v) is 10.7. The summed E-state index contributed by atoms with van der Waals surface area (Å²) in [5.74, 6) is 4.35. The fourth-order valence-electron chi connectivity index (χ4n) is 9.07. The predicted octanol–water partition coefficient (Wildman–Crippen LogP) is 6.93. The topological polar surface area (TPSA) is 46.5 Å². The SMILES string of the molecule is CC(=O)OC1C[C@H](O)CC2=CC[C@H]3[C@@H]4CC[C@H]([C@H](C)CCCC(C)C)[C@@]4(C)CC[C@@H]3[C@]21C. The average molecular weight is 445 g/mol. The van der Waals surface area contributed by atoms with Gasteiger partial charge in [-0.3, -0.25) is 4.79 Å². The summed E-state index contributed by atoms with van der Waals surface area (Å²) in [6.07, 6.45) is 13.8. The number of carbonyl (C=O) groups excluding carboxylic acids is 1. The molecule has 4 rings (SSSR count). The molecule has 4 aliphatic rings. The van der Waals surface area contributed by atoms with Crippen molar-refractivity contribution in [3.8, 4) is 0 Å². The van der Waals surface area contributed by atoms with Crippen LogP contribution in [0.4, 0.5) is 0 Å². The largest absolute Gasteiger partial charge is 0.462 e. The molecule has 0 aromatic heterocycles. The van der Waals surface area contributed by atoms with Crippen molar-refractivity contribution >= 4 is 5.97 Å². The molecule has 182 valence electrons. The van der Waals surface area contributed by atoms with Crippen LogP contribution < -0.4 is 0 Å². The van der Waals surface area contributed by atoms with Crippen molar-refractivity contribution in [2.75, 3.05) is 0 Å². The molecule has 3 nitrogen and oxygen atoms in total. The summed E-state index contributed by atoms with van der Waals surface area (Å²) in [5, 5.41) is 10.5. The van der Waals surface area contributed by atoms with Crippen LogP contribution in [0.2, 0.25) is 0 Å². The Morgan fingerprint density at radius 1 is 1.16 bits per heavy atom. The van der Waals surface area contributed by atoms with E-state index >= 15 is 0 Å². The molecule has 1 unspecified atom stereocenters. The summed E-state index contributed by atoms with van der Waals surface area (Å²) < 4.78 is 5.90. The van der Waals surface area contributed by atoms with E-state index in [0.29, 0.717) is 23.7 Å². The second-order valence-electron chi connectivity index (χ2n) is 12.8. The first-order valence-electron chi connectivity index (χ1n) is 13.6. The van der Waals surface area contributed by atoms with Gasteiger partial charge in [0.05, 0.1) is 6.10 Å². The number of carbonyl (C=O) groups is 1. The van der Waals surface area contributed by atoms with Gasteiger partial charge in [0, 0.05) is 18.8 Å². The molecular weight excluding hydrogens is 396 g/mol. The van der Waals surface area contributed by atoms with Gasteiger partial charge in [-0.05, 0) is 79.4 Å². The van der Waals surface area contributed by atoms with E-state index in [9.17, 15) is 9.90 Å². The van der Waals surface area contributed by atoms with Crippen LogP contribution in [0, 0.1) is 46.3 Å². The highest BCUT2D eigenvalue weighted by atomic mass is 16.5. The van der Waals surface area contributed by atoms with Gasteiger partial charge >= 0.3 is 5.97 Å². The molecule has 0 saturated heterocycles. The molecule has 0 radical (unpaired) electrons. The van der Waals surface area contributed by atoms with Crippen molar-refractivity contribution in [2.24, 2.45) is 46.3 Å². The Balaban J connectivity index is 1.55. The monoisotopic (exact) mass is 444 g/mol. The maximum Gasteiger partial charge on any atom is 0.302 e. The van der Waals surface area contributed by atoms with Crippen molar-refractivity contribution in [1.29, 1.82) is 0 Å². The Hall–Kier alpha value is -0.830. The minimum atomic E-state index is -0.383. The molecular formula is C29H48O3. The highest BCUT2D eigenvalue weighted by Crippen LogP contribution is 2.67. The summed E-state index contributed by atoms with van der Waals surface area (Å²) in [7, 11) is 0. The fourth-order valence-corrected chi connectivity index (χ4v) is 9.07. The van der Waals surface area contributed by atoms with Gasteiger partial charge in [0.25, 0.3) is 0 Å². The van der Waals surface area contributed by atoms with Crippen molar-refractivity contribution in [3.63, 3.8) is 0 Å². The van der Waals surface area contributed by atoms with Gasteiger partial charge in [-0.15, -0.1) is 0 Å². The van der Waals surface area contributed by atoms with Crippen molar-refractivity contribution in [3.05, 3.63) is 11.6 Å². The number of ether oxygens (including phenoxy) is 1. The van der Waals surface area contributed by atoms with Crippen LogP contribution >= 0.6 is 0 Å². The van der Waals surface area contributed by atoms with Gasteiger partial charge in [0.2, 0.25) is 0 Å². The first-order chi connectivity index (χ1) is 15.1. The van der Waals surface area contributed by atoms with E-state index < -0.39 is 0 Å². The summed E-state index contributed by atoms with van der Waals surface area (Å²) >= 11 is 0. The van der Waals surface area contributed by atoms with Crippen LogP contribution in [0.25, 0.3) is 0 Å². The van der Waals surface area contributed by atoms with E-state index in [1.807, 2.05) is 0 Å². The number of esters is 1. The molecule has 1 N–H and O–H groups in total. The Kier molecular flexibility index (Phi) is 6.90. The van der Waals surface area contributed by atoms with Gasteiger partial charge < -0.3 is 9.84 Å². The van der Waals surface area contributed by atoms with E-state index in [0.717, 1.165) is 36.5 Å². The number of aliphatic hydroxyl groups is 1. The summed E-state index contributed by atoms with van der Waals surface area (Å²) in [6.45, 7) is 13.7. The molecule has 0 bridgehead atoms. The third kappa shape index (κ3) is 4.10. The smallest absolute Gasteiger partial charge is 0.302 e. The highest BCUT2D eigenvalue weighted by Gasteiger charge is 2.61. The van der Waals surface area contributed by atoms with E-state index in [2.05, 4.69) is 40.7 Å². The van der Waals surface area contributed by atoms with Gasteiger partial charge in [0.15, 0.2) is 0 Å². The molecule has 4 aliphatic carbocycles. The van der Waals surface area contributed by atoms with Gasteiger partial charge in [-0.2, -0.15) is 0 Å². The summed E-state index contributed by atoms with van der Waals surface area (Å²) in [5.41, 5.74) is 1.73. The van der Waals surface area contributed by atoms with Crippen LogP contribution in [0.3, 0.4) is 0 Å². The second kappa shape index (κ2) is 9.08. The molecule has 0 heterocycles. The minimum absolute atomic E-state index is 0.101. The van der Waals surface area contributed by atoms with Crippen molar-refractivity contribution in [1.82, 2.24) is 0 Å². The lowest BCUT2D eigenvalue weighted by Crippen LogP contribution is -2.56. The number of fused-ring (bicyclic) bond motifs is 5. The molecule has 3 heteroatoms. The third-order valence-electron chi connectivity index (χ3n) is 10.7. The molecule has 3 fully saturated rings. The molecule has 32 heavy (non-hydrogen) atoms. The Morgan fingerprint density at radius 2 is 1.91 bits per heavy atom. The first-order valence-corrected chi connectivity index (χ1v) is 13.6. The number of aliphatic hydroxyl groups excluding tert-OH is 1. The molecule has 0 aromatic carbocycles. The van der Waals surface area contributed by atoms with Crippen LogP contribution in [-0.4, -0.2) is 23.3 Å². The highest BCUT2D eigenvalue weighted by molar-refractivity contribution is 5.66. The lowest BCUT2D eigenvalue weighted by atomic mass is 9.46. The van der Waals surface area contributed by atoms with Gasteiger partial charge in [-0.1, -0.05) is 65.5 Å². The fraction of sp³-hybridized carbons (Fsp3) is 0.897. The van der Waals surface area contributed by atoms with Crippen molar-refractivity contribution < 1.29 is 14.6 Å². The lowest BCUT2D eigenvalue weighted by Gasteiger charge is -2.60. The number of hydrogen-bond donors (Lipinski definition) is 1. The lowest BCUT2D eigenvalue weighted by molar-refractivity contribution is -0.166. The molecule has 0 spiro atoms. The normalized spacial score (nSPS) is 44.3. The Labute approximate surface area is 196 Å². The molecule has 0 aromatic rings. The zero-order chi connectivity index (χ0) is 23.3. The van der Waals surface area contributed by atoms with Crippen LogP contribution in [0.1, 0.15) is 106 Å². The van der Waals surface area contributed by atoms with Gasteiger partial charge in [0.1, 0.15) is 6.10 Å². The zero-order valence-electron chi connectivity index (χ0n) is 21.5. The average Bonchev–Trinajstić information content (AvgIpc) is 3.05. The second-order valence-corrected chi connectivity index (χ2v) is 12.8. The Morgan fingerprint density at radius 3 is 2.59 bits per heavy atom.